The number of rotatable bonds is 3. The molecule has 0 unspecified atom stereocenters. The molecule has 0 aliphatic carbocycles. The number of hydrogen-bond acceptors (Lipinski definition) is 2. The van der Waals surface area contributed by atoms with Crippen LogP contribution in [0, 0.1) is 17.5 Å². The van der Waals surface area contributed by atoms with Gasteiger partial charge in [0.25, 0.3) is 5.91 Å². The Morgan fingerprint density at radius 1 is 1.32 bits per heavy atom. The number of aromatic nitrogens is 2. The van der Waals surface area contributed by atoms with Gasteiger partial charge in [-0.2, -0.15) is 5.10 Å². The molecular weight excluding hydrogens is 259 g/mol. The highest BCUT2D eigenvalue weighted by atomic mass is 19.2. The topological polar surface area (TPSA) is 49.0 Å². The number of amides is 1. The van der Waals surface area contributed by atoms with Gasteiger partial charge >= 0.3 is 0 Å². The lowest BCUT2D eigenvalue weighted by atomic mass is 10.1. The van der Waals surface area contributed by atoms with E-state index in [-0.39, 0.29) is 12.1 Å². The molecule has 2 rings (SSSR count). The Morgan fingerprint density at radius 3 is 2.47 bits per heavy atom. The number of nitrogens with one attached hydrogen (secondary N) is 1. The molecule has 1 aromatic heterocycles. The summed E-state index contributed by atoms with van der Waals surface area (Å²) < 4.78 is 38.9. The van der Waals surface area contributed by atoms with E-state index in [0.29, 0.717) is 12.1 Å². The minimum atomic E-state index is -1.59. The average Bonchev–Trinajstić information content (AvgIpc) is 2.87. The molecule has 0 atom stereocenters. The van der Waals surface area contributed by atoms with Crippen LogP contribution in [-0.4, -0.2) is 28.1 Å². The number of carbonyl (C=O) groups excluding carboxylic acids is 1. The SMILES string of the molecule is CN(Cc1cn[nH]c1)C(=O)c1cc(F)c(F)c(F)c1. The van der Waals surface area contributed by atoms with Crippen LogP contribution in [-0.2, 0) is 6.54 Å². The van der Waals surface area contributed by atoms with E-state index in [1.165, 1.54) is 18.1 Å². The van der Waals surface area contributed by atoms with Crippen LogP contribution in [0.25, 0.3) is 0 Å². The second-order valence-electron chi connectivity index (χ2n) is 4.02. The highest BCUT2D eigenvalue weighted by Crippen LogP contribution is 2.15. The van der Waals surface area contributed by atoms with Crippen LogP contribution in [0.5, 0.6) is 0 Å². The highest BCUT2D eigenvalue weighted by molar-refractivity contribution is 5.94. The van der Waals surface area contributed by atoms with Crippen molar-refractivity contribution in [3.63, 3.8) is 0 Å². The smallest absolute Gasteiger partial charge is 0.254 e. The van der Waals surface area contributed by atoms with Crippen molar-refractivity contribution in [2.24, 2.45) is 0 Å². The van der Waals surface area contributed by atoms with Crippen LogP contribution in [0.4, 0.5) is 13.2 Å². The number of halogens is 3. The number of H-pyrrole nitrogens is 1. The fourth-order valence-corrected chi connectivity index (χ4v) is 1.61. The summed E-state index contributed by atoms with van der Waals surface area (Å²) in [7, 11) is 1.47. The van der Waals surface area contributed by atoms with Gasteiger partial charge in [-0.1, -0.05) is 0 Å². The van der Waals surface area contributed by atoms with E-state index in [9.17, 15) is 18.0 Å². The molecule has 4 nitrogen and oxygen atoms in total. The van der Waals surface area contributed by atoms with E-state index >= 15 is 0 Å². The van der Waals surface area contributed by atoms with Gasteiger partial charge in [0, 0.05) is 30.9 Å². The monoisotopic (exact) mass is 269 g/mol. The molecule has 0 aliphatic rings. The lowest BCUT2D eigenvalue weighted by Crippen LogP contribution is -2.26. The van der Waals surface area contributed by atoms with Crippen LogP contribution in [0.3, 0.4) is 0 Å². The van der Waals surface area contributed by atoms with E-state index < -0.39 is 23.4 Å². The Kier molecular flexibility index (Phi) is 3.55. The fraction of sp³-hybridized carbons (Fsp3) is 0.167. The maximum Gasteiger partial charge on any atom is 0.254 e. The highest BCUT2D eigenvalue weighted by Gasteiger charge is 2.18. The summed E-state index contributed by atoms with van der Waals surface area (Å²) in [5.41, 5.74) is 0.487. The normalized spacial score (nSPS) is 10.5. The van der Waals surface area contributed by atoms with Gasteiger partial charge in [0.1, 0.15) is 0 Å². The molecule has 2 aromatic rings. The van der Waals surface area contributed by atoms with Gasteiger partial charge in [-0.25, -0.2) is 13.2 Å². The molecule has 1 heterocycles. The number of aromatic amines is 1. The maximum absolute atomic E-state index is 13.0. The zero-order valence-electron chi connectivity index (χ0n) is 9.95. The molecule has 1 amide bonds. The molecule has 0 aliphatic heterocycles. The summed E-state index contributed by atoms with van der Waals surface area (Å²) in [5, 5.41) is 6.30. The molecule has 0 saturated heterocycles. The molecule has 19 heavy (non-hydrogen) atoms. The van der Waals surface area contributed by atoms with E-state index in [1.807, 2.05) is 0 Å². The third-order valence-electron chi connectivity index (χ3n) is 2.55. The lowest BCUT2D eigenvalue weighted by molar-refractivity contribution is 0.0784. The molecule has 1 N–H and O–H groups in total. The molecule has 0 spiro atoms. The van der Waals surface area contributed by atoms with Crippen molar-refractivity contribution < 1.29 is 18.0 Å². The van der Waals surface area contributed by atoms with Crippen molar-refractivity contribution in [2.75, 3.05) is 7.05 Å². The standard InChI is InChI=1S/C12H10F3N3O/c1-18(6-7-4-16-17-5-7)12(19)8-2-9(13)11(15)10(14)3-8/h2-5H,6H2,1H3,(H,16,17). The average molecular weight is 269 g/mol. The molecule has 0 fully saturated rings. The second kappa shape index (κ2) is 5.13. The Morgan fingerprint density at radius 2 is 1.95 bits per heavy atom. The summed E-state index contributed by atoms with van der Waals surface area (Å²) in [6, 6.07) is 1.35. The van der Waals surface area contributed by atoms with Crippen LogP contribution >= 0.6 is 0 Å². The predicted octanol–water partition coefficient (Wildman–Crippen LogP) is 2.10. The van der Waals surface area contributed by atoms with E-state index in [4.69, 9.17) is 0 Å². The quantitative estimate of drug-likeness (QED) is 0.867. The summed E-state index contributed by atoms with van der Waals surface area (Å²) in [4.78, 5) is 13.2. The zero-order chi connectivity index (χ0) is 14.0. The minimum absolute atomic E-state index is 0.218. The largest absolute Gasteiger partial charge is 0.337 e. The Balaban J connectivity index is 2.19. The van der Waals surface area contributed by atoms with Crippen molar-refractivity contribution in [1.82, 2.24) is 15.1 Å². The third-order valence-corrected chi connectivity index (χ3v) is 2.55. The van der Waals surface area contributed by atoms with Gasteiger partial charge in [0.05, 0.1) is 6.20 Å². The van der Waals surface area contributed by atoms with Gasteiger partial charge in [0.2, 0.25) is 0 Å². The van der Waals surface area contributed by atoms with Gasteiger partial charge in [0.15, 0.2) is 17.5 Å². The van der Waals surface area contributed by atoms with Crippen molar-refractivity contribution >= 4 is 5.91 Å². The molecular formula is C12H10F3N3O. The van der Waals surface area contributed by atoms with Gasteiger partial charge in [-0.05, 0) is 12.1 Å². The Hall–Kier alpha value is -2.31. The first kappa shape index (κ1) is 13.1. The number of benzene rings is 1. The molecule has 0 saturated carbocycles. The first-order valence-corrected chi connectivity index (χ1v) is 5.36. The first-order valence-electron chi connectivity index (χ1n) is 5.36. The summed E-state index contributed by atoms with van der Waals surface area (Å²) in [6.45, 7) is 0.218. The van der Waals surface area contributed by atoms with E-state index in [2.05, 4.69) is 10.2 Å². The van der Waals surface area contributed by atoms with Crippen LogP contribution in [0.15, 0.2) is 24.5 Å². The number of carbonyl (C=O) groups is 1. The molecule has 7 heteroatoms. The number of nitrogens with zero attached hydrogens (tertiary/aromatic N) is 2. The lowest BCUT2D eigenvalue weighted by Gasteiger charge is -2.16. The van der Waals surface area contributed by atoms with Crippen LogP contribution in [0.2, 0.25) is 0 Å². The summed E-state index contributed by atoms with van der Waals surface area (Å²) >= 11 is 0. The zero-order valence-corrected chi connectivity index (χ0v) is 9.95. The Bertz CT molecular complexity index is 575. The van der Waals surface area contributed by atoms with Crippen molar-refractivity contribution in [3.8, 4) is 0 Å². The number of hydrogen-bond donors (Lipinski definition) is 1. The summed E-state index contributed by atoms with van der Waals surface area (Å²) in [6.07, 6.45) is 3.12. The van der Waals surface area contributed by atoms with Crippen molar-refractivity contribution in [1.29, 1.82) is 0 Å². The predicted molar refractivity (Wildman–Crippen MR) is 60.7 cm³/mol. The van der Waals surface area contributed by atoms with E-state index in [0.717, 1.165) is 5.56 Å². The first-order chi connectivity index (χ1) is 8.99. The van der Waals surface area contributed by atoms with Crippen LogP contribution in [0.1, 0.15) is 15.9 Å². The van der Waals surface area contributed by atoms with Crippen molar-refractivity contribution in [2.45, 2.75) is 6.54 Å². The minimum Gasteiger partial charge on any atom is -0.337 e. The van der Waals surface area contributed by atoms with Crippen LogP contribution < -0.4 is 0 Å². The fourth-order valence-electron chi connectivity index (χ4n) is 1.61. The molecule has 100 valence electrons. The van der Waals surface area contributed by atoms with Gasteiger partial charge in [-0.3, -0.25) is 9.89 Å². The Labute approximate surface area is 106 Å². The molecule has 1 aromatic carbocycles. The van der Waals surface area contributed by atoms with Gasteiger partial charge < -0.3 is 4.90 Å². The summed E-state index contributed by atoms with van der Waals surface area (Å²) in [5.74, 6) is -4.98. The molecule has 0 bridgehead atoms. The molecule has 0 radical (unpaired) electrons. The van der Waals surface area contributed by atoms with Gasteiger partial charge in [-0.15, -0.1) is 0 Å². The van der Waals surface area contributed by atoms with E-state index in [1.54, 1.807) is 6.20 Å². The maximum atomic E-state index is 13.0. The third kappa shape index (κ3) is 2.75. The van der Waals surface area contributed by atoms with Crippen molar-refractivity contribution in [3.05, 3.63) is 53.1 Å². The second-order valence-corrected chi connectivity index (χ2v) is 4.02.